The highest BCUT2D eigenvalue weighted by atomic mass is 19.1. The van der Waals surface area contributed by atoms with Crippen molar-refractivity contribution >= 4 is 11.8 Å². The number of aliphatic hydroxyl groups excluding tert-OH is 1. The van der Waals surface area contributed by atoms with Gasteiger partial charge in [0.1, 0.15) is 25.3 Å². The fourth-order valence-electron chi connectivity index (χ4n) is 5.69. The fourth-order valence-corrected chi connectivity index (χ4v) is 5.69. The van der Waals surface area contributed by atoms with Gasteiger partial charge < -0.3 is 29.7 Å². The molecule has 6 nitrogen and oxygen atoms in total. The lowest BCUT2D eigenvalue weighted by Gasteiger charge is -2.34. The first-order chi connectivity index (χ1) is 16.6. The van der Waals surface area contributed by atoms with Gasteiger partial charge in [0.25, 0.3) is 0 Å². The largest absolute Gasteiger partial charge is 0.486 e. The Bertz CT molecular complexity index is 1120. The zero-order valence-corrected chi connectivity index (χ0v) is 19.0. The molecule has 0 amide bonds. The van der Waals surface area contributed by atoms with E-state index in [2.05, 4.69) is 10.2 Å². The van der Waals surface area contributed by atoms with Crippen molar-refractivity contribution < 1.29 is 23.4 Å². The highest BCUT2D eigenvalue weighted by molar-refractivity contribution is 5.78. The van der Waals surface area contributed by atoms with Crippen LogP contribution in [0, 0.1) is 11.6 Å². The smallest absolute Gasteiger partial charge is 0.197 e. The van der Waals surface area contributed by atoms with Gasteiger partial charge in [0.2, 0.25) is 0 Å². The third-order valence-corrected chi connectivity index (χ3v) is 7.45. The molecule has 2 N–H and O–H groups in total. The molecule has 0 aromatic heterocycles. The standard InChI is InChI=1S/C26H29F2N3O3/c27-20-4-1-16-3-6-22(32)31-15-18(23(20)25(16)31)14-30-9-7-19(8-10-30)29-13-17-2-5-21-26(24(17)28)34-12-11-33-21/h1-6,18-19,22,29,32H,7-15H2. The maximum atomic E-state index is 14.8. The molecule has 0 bridgehead atoms. The number of ether oxygens (including phenoxy) is 2. The second-order valence-corrected chi connectivity index (χ2v) is 9.54. The summed E-state index contributed by atoms with van der Waals surface area (Å²) in [6.07, 6.45) is 4.83. The molecule has 2 aromatic rings. The number of aliphatic hydroxyl groups is 1. The van der Waals surface area contributed by atoms with E-state index in [0.717, 1.165) is 49.3 Å². The first kappa shape index (κ1) is 21.8. The van der Waals surface area contributed by atoms with E-state index < -0.39 is 6.23 Å². The maximum Gasteiger partial charge on any atom is 0.197 e. The molecule has 1 fully saturated rings. The fraction of sp³-hybridized carbons (Fsp3) is 0.462. The van der Waals surface area contributed by atoms with Crippen molar-refractivity contribution in [2.24, 2.45) is 0 Å². The van der Waals surface area contributed by atoms with Gasteiger partial charge in [-0.15, -0.1) is 0 Å². The van der Waals surface area contributed by atoms with Crippen LogP contribution in [-0.2, 0) is 6.54 Å². The number of anilines is 1. The highest BCUT2D eigenvalue weighted by Crippen LogP contribution is 2.44. The molecular weight excluding hydrogens is 440 g/mol. The SMILES string of the molecule is OC1C=Cc2ccc(F)c3c2N1CC3CN1CCC(NCc2ccc3c(c2F)OCCO3)CC1. The van der Waals surface area contributed by atoms with E-state index in [1.54, 1.807) is 30.3 Å². The number of halogens is 2. The quantitative estimate of drug-likeness (QED) is 0.702. The Balaban J connectivity index is 1.05. The summed E-state index contributed by atoms with van der Waals surface area (Å²) in [6.45, 7) is 4.43. The molecule has 0 spiro atoms. The average Bonchev–Trinajstić information content (AvgIpc) is 3.25. The van der Waals surface area contributed by atoms with Crippen LogP contribution in [0.15, 0.2) is 30.3 Å². The topological polar surface area (TPSA) is 57.2 Å². The third-order valence-electron chi connectivity index (χ3n) is 7.45. The number of fused-ring (bicyclic) bond motifs is 1. The Labute approximate surface area is 197 Å². The molecule has 4 aliphatic heterocycles. The van der Waals surface area contributed by atoms with Gasteiger partial charge >= 0.3 is 0 Å². The third kappa shape index (κ3) is 3.83. The molecular formula is C26H29F2N3O3. The van der Waals surface area contributed by atoms with Crippen molar-refractivity contribution in [3.8, 4) is 11.5 Å². The van der Waals surface area contributed by atoms with Gasteiger partial charge in [0.15, 0.2) is 17.3 Å². The zero-order valence-electron chi connectivity index (χ0n) is 19.0. The Morgan fingerprint density at radius 3 is 2.74 bits per heavy atom. The first-order valence-corrected chi connectivity index (χ1v) is 12.1. The summed E-state index contributed by atoms with van der Waals surface area (Å²) in [7, 11) is 0. The van der Waals surface area contributed by atoms with E-state index in [1.165, 1.54) is 0 Å². The van der Waals surface area contributed by atoms with Crippen LogP contribution < -0.4 is 19.7 Å². The lowest BCUT2D eigenvalue weighted by atomic mass is 9.95. The molecule has 2 atom stereocenters. The highest BCUT2D eigenvalue weighted by Gasteiger charge is 2.38. The van der Waals surface area contributed by atoms with E-state index in [0.29, 0.717) is 43.7 Å². The van der Waals surface area contributed by atoms with Gasteiger partial charge in [-0.05, 0) is 55.8 Å². The van der Waals surface area contributed by atoms with Gasteiger partial charge in [0.05, 0.1) is 5.69 Å². The molecule has 34 heavy (non-hydrogen) atoms. The number of piperidine rings is 1. The second-order valence-electron chi connectivity index (χ2n) is 9.54. The number of hydrogen-bond acceptors (Lipinski definition) is 6. The summed E-state index contributed by atoms with van der Waals surface area (Å²) in [5.41, 5.74) is 3.13. The Hall–Kier alpha value is -2.68. The van der Waals surface area contributed by atoms with Crippen LogP contribution in [0.1, 0.15) is 35.4 Å². The number of nitrogens with one attached hydrogen (secondary N) is 1. The molecule has 4 aliphatic rings. The number of hydrogen-bond donors (Lipinski definition) is 2. The lowest BCUT2D eigenvalue weighted by molar-refractivity contribution is 0.163. The normalized spacial score (nSPS) is 23.9. The molecule has 2 unspecified atom stereocenters. The maximum absolute atomic E-state index is 14.8. The van der Waals surface area contributed by atoms with E-state index in [4.69, 9.17) is 9.47 Å². The molecule has 6 rings (SSSR count). The molecule has 0 saturated carbocycles. The summed E-state index contributed by atoms with van der Waals surface area (Å²) in [5.74, 6) is 0.176. The van der Waals surface area contributed by atoms with Crippen LogP contribution in [0.2, 0.25) is 0 Å². The number of likely N-dealkylation sites (tertiary alicyclic amines) is 1. The van der Waals surface area contributed by atoms with Crippen LogP contribution in [-0.4, -0.2) is 61.7 Å². The van der Waals surface area contributed by atoms with Gasteiger partial charge in [-0.25, -0.2) is 8.78 Å². The summed E-state index contributed by atoms with van der Waals surface area (Å²) in [4.78, 5) is 4.29. The number of nitrogens with zero attached hydrogens (tertiary/aromatic N) is 2. The van der Waals surface area contributed by atoms with Crippen molar-refractivity contribution in [3.63, 3.8) is 0 Å². The van der Waals surface area contributed by atoms with E-state index in [-0.39, 0.29) is 23.3 Å². The van der Waals surface area contributed by atoms with Crippen molar-refractivity contribution in [3.05, 3.63) is 58.7 Å². The molecule has 1 saturated heterocycles. The van der Waals surface area contributed by atoms with Crippen LogP contribution in [0.5, 0.6) is 11.5 Å². The van der Waals surface area contributed by atoms with Crippen LogP contribution >= 0.6 is 0 Å². The molecule has 180 valence electrons. The summed E-state index contributed by atoms with van der Waals surface area (Å²) in [6, 6.07) is 7.15. The van der Waals surface area contributed by atoms with Crippen molar-refractivity contribution in [1.82, 2.24) is 10.2 Å². The second kappa shape index (κ2) is 8.83. The number of rotatable bonds is 5. The zero-order chi connectivity index (χ0) is 23.2. The first-order valence-electron chi connectivity index (χ1n) is 12.1. The predicted octanol–water partition coefficient (Wildman–Crippen LogP) is 3.24. The van der Waals surface area contributed by atoms with Crippen LogP contribution in [0.25, 0.3) is 6.08 Å². The van der Waals surface area contributed by atoms with Crippen LogP contribution in [0.3, 0.4) is 0 Å². The van der Waals surface area contributed by atoms with Gasteiger partial charge in [-0.3, -0.25) is 0 Å². The van der Waals surface area contributed by atoms with Gasteiger partial charge in [-0.1, -0.05) is 12.1 Å². The Kier molecular flexibility index (Phi) is 5.67. The van der Waals surface area contributed by atoms with E-state index in [1.807, 2.05) is 11.0 Å². The lowest BCUT2D eigenvalue weighted by Crippen LogP contribution is -2.44. The molecule has 0 aliphatic carbocycles. The molecule has 8 heteroatoms. The van der Waals surface area contributed by atoms with Crippen LogP contribution in [0.4, 0.5) is 14.5 Å². The molecule has 2 aromatic carbocycles. The van der Waals surface area contributed by atoms with Crippen molar-refractivity contribution in [1.29, 1.82) is 0 Å². The van der Waals surface area contributed by atoms with E-state index >= 15 is 0 Å². The number of benzene rings is 2. The predicted molar refractivity (Wildman–Crippen MR) is 125 cm³/mol. The van der Waals surface area contributed by atoms with E-state index in [9.17, 15) is 13.9 Å². The van der Waals surface area contributed by atoms with Crippen molar-refractivity contribution in [2.45, 2.75) is 37.6 Å². The minimum absolute atomic E-state index is 0.0285. The Morgan fingerprint density at radius 2 is 1.88 bits per heavy atom. The molecule has 4 heterocycles. The minimum Gasteiger partial charge on any atom is -0.486 e. The van der Waals surface area contributed by atoms with Crippen molar-refractivity contribution in [2.75, 3.05) is 44.3 Å². The Morgan fingerprint density at radius 1 is 1.06 bits per heavy atom. The average molecular weight is 470 g/mol. The monoisotopic (exact) mass is 469 g/mol. The summed E-state index contributed by atoms with van der Waals surface area (Å²) in [5, 5.41) is 13.9. The molecule has 0 radical (unpaired) electrons. The summed E-state index contributed by atoms with van der Waals surface area (Å²) >= 11 is 0. The summed E-state index contributed by atoms with van der Waals surface area (Å²) < 4.78 is 40.4. The van der Waals surface area contributed by atoms with Gasteiger partial charge in [0, 0.05) is 42.7 Å². The van der Waals surface area contributed by atoms with Gasteiger partial charge in [-0.2, -0.15) is 0 Å². The minimum atomic E-state index is -0.700.